The summed E-state index contributed by atoms with van der Waals surface area (Å²) in [5.74, 6) is -0.0863. The van der Waals surface area contributed by atoms with E-state index in [4.69, 9.17) is 26.0 Å². The van der Waals surface area contributed by atoms with Crippen LogP contribution in [0.5, 0.6) is 0 Å². The number of azo groups is 2. The Morgan fingerprint density at radius 1 is 0.760 bits per heavy atom. The molecule has 0 saturated heterocycles. The first-order chi connectivity index (χ1) is 24.1. The predicted molar refractivity (Wildman–Crippen MR) is 180 cm³/mol. The Labute approximate surface area is 286 Å². The summed E-state index contributed by atoms with van der Waals surface area (Å²) in [6, 6.07) is 1.63. The monoisotopic (exact) mass is 686 g/mol. The molecule has 0 radical (unpaired) electrons. The molecule has 20 nitrogen and oxygen atoms in total. The van der Waals surface area contributed by atoms with Crippen molar-refractivity contribution in [1.82, 2.24) is 49.1 Å². The Morgan fingerprint density at radius 2 is 1.24 bits per heavy atom. The Kier molecular flexibility index (Phi) is 10.7. The third-order valence-electron chi connectivity index (χ3n) is 7.61. The molecule has 50 heavy (non-hydrogen) atoms. The standard InChI is InChI=1S/C30H38N16O4/c1-7-9-11-19-22(37-39-26-17(28(47)49-5)15-34-43(26)3)24(31)45(41-19)21-13-14-33-30(36-21)46-25(32)23(20(42-46)12-10-8-2)38-40-27-18(29(48)50-6)16-35-44(27)4/h13-16H,7-12,31-32H2,1-6H3/b39-37+,40-38+. The molecule has 4 N–H and O–H groups in total. The number of unbranched alkanes of at least 4 members (excludes halogenated alkanes) is 2. The molecule has 0 aliphatic carbocycles. The van der Waals surface area contributed by atoms with E-state index < -0.39 is 11.9 Å². The number of carbonyl (C=O) groups is 2. The maximum atomic E-state index is 12.2. The third-order valence-corrected chi connectivity index (χ3v) is 7.61. The molecule has 5 rings (SSSR count). The van der Waals surface area contributed by atoms with Crippen LogP contribution >= 0.6 is 0 Å². The van der Waals surface area contributed by atoms with Crippen LogP contribution in [-0.4, -0.2) is 75.2 Å². The molecular weight excluding hydrogens is 648 g/mol. The fourth-order valence-corrected chi connectivity index (χ4v) is 4.87. The summed E-state index contributed by atoms with van der Waals surface area (Å²) in [7, 11) is 5.81. The fourth-order valence-electron chi connectivity index (χ4n) is 4.87. The van der Waals surface area contributed by atoms with Gasteiger partial charge < -0.3 is 20.9 Å². The number of methoxy groups -OCH3 is 2. The van der Waals surface area contributed by atoms with Gasteiger partial charge in [-0.15, -0.1) is 20.5 Å². The zero-order chi connectivity index (χ0) is 35.9. The Hall–Kier alpha value is -6.34. The summed E-state index contributed by atoms with van der Waals surface area (Å²) in [6.45, 7) is 4.11. The van der Waals surface area contributed by atoms with Crippen molar-refractivity contribution in [2.45, 2.75) is 52.4 Å². The van der Waals surface area contributed by atoms with E-state index in [1.807, 2.05) is 0 Å². The highest BCUT2D eigenvalue weighted by Crippen LogP contribution is 2.34. The van der Waals surface area contributed by atoms with Crippen molar-refractivity contribution < 1.29 is 19.1 Å². The topological polar surface area (TPSA) is 251 Å². The second-order valence-electron chi connectivity index (χ2n) is 11.0. The van der Waals surface area contributed by atoms with Gasteiger partial charge in [0.15, 0.2) is 40.5 Å². The Morgan fingerprint density at radius 3 is 1.72 bits per heavy atom. The van der Waals surface area contributed by atoms with Crippen molar-refractivity contribution in [2.75, 3.05) is 25.7 Å². The lowest BCUT2D eigenvalue weighted by molar-refractivity contribution is 0.0592. The van der Waals surface area contributed by atoms with Gasteiger partial charge in [-0.3, -0.25) is 0 Å². The lowest BCUT2D eigenvalue weighted by Gasteiger charge is -2.06. The van der Waals surface area contributed by atoms with Gasteiger partial charge in [0.1, 0.15) is 11.1 Å². The molecule has 5 aromatic rings. The number of aryl methyl sites for hydroxylation is 4. The molecule has 5 aromatic heterocycles. The number of hydrogen-bond acceptors (Lipinski definition) is 16. The van der Waals surface area contributed by atoms with Crippen LogP contribution in [0.25, 0.3) is 11.8 Å². The molecular formula is C30H38N16O4. The molecule has 0 atom stereocenters. The second-order valence-corrected chi connectivity index (χ2v) is 11.0. The molecule has 0 unspecified atom stereocenters. The minimum atomic E-state index is -0.601. The largest absolute Gasteiger partial charge is 0.465 e. The van der Waals surface area contributed by atoms with E-state index in [1.165, 1.54) is 51.5 Å². The summed E-state index contributed by atoms with van der Waals surface area (Å²) in [5.41, 5.74) is 15.3. The van der Waals surface area contributed by atoms with Gasteiger partial charge in [-0.05, 0) is 25.7 Å². The molecule has 0 bridgehead atoms. The number of nitrogens with zero attached hydrogens (tertiary/aromatic N) is 14. The van der Waals surface area contributed by atoms with Crippen LogP contribution in [0.15, 0.2) is 45.1 Å². The van der Waals surface area contributed by atoms with Crippen LogP contribution in [0.4, 0.5) is 34.6 Å². The lowest BCUT2D eigenvalue weighted by atomic mass is 10.2. The second kappa shape index (κ2) is 15.3. The smallest absolute Gasteiger partial charge is 0.343 e. The van der Waals surface area contributed by atoms with E-state index >= 15 is 0 Å². The van der Waals surface area contributed by atoms with Gasteiger partial charge in [0.2, 0.25) is 0 Å². The van der Waals surface area contributed by atoms with Crippen molar-refractivity contribution in [3.05, 3.63) is 47.2 Å². The van der Waals surface area contributed by atoms with Crippen LogP contribution in [0.1, 0.15) is 71.6 Å². The normalized spacial score (nSPS) is 11.6. The molecule has 20 heteroatoms. The van der Waals surface area contributed by atoms with Crippen LogP contribution in [0, 0.1) is 0 Å². The summed E-state index contributed by atoms with van der Waals surface area (Å²) in [5, 5.41) is 35.0. The van der Waals surface area contributed by atoms with E-state index in [0.717, 1.165) is 25.7 Å². The Bertz CT molecular complexity index is 1930. The Balaban J connectivity index is 1.55. The molecule has 5 heterocycles. The number of esters is 2. The molecule has 0 fully saturated rings. The van der Waals surface area contributed by atoms with Gasteiger partial charge in [0, 0.05) is 26.4 Å². The van der Waals surface area contributed by atoms with Gasteiger partial charge in [-0.2, -0.15) is 34.7 Å². The third kappa shape index (κ3) is 6.93. The number of anilines is 2. The highest BCUT2D eigenvalue weighted by Gasteiger charge is 2.23. The van der Waals surface area contributed by atoms with E-state index in [9.17, 15) is 9.59 Å². The number of hydrogen-bond donors (Lipinski definition) is 2. The number of carbonyl (C=O) groups excluding carboxylic acids is 2. The number of nitrogens with two attached hydrogens (primary N) is 2. The van der Waals surface area contributed by atoms with E-state index in [0.29, 0.717) is 41.4 Å². The molecule has 0 aliphatic rings. The van der Waals surface area contributed by atoms with E-state index in [-0.39, 0.29) is 40.3 Å². The summed E-state index contributed by atoms with van der Waals surface area (Å²) < 4.78 is 15.3. The van der Waals surface area contributed by atoms with E-state index in [1.54, 1.807) is 20.2 Å². The van der Waals surface area contributed by atoms with Gasteiger partial charge >= 0.3 is 11.9 Å². The molecule has 262 valence electrons. The van der Waals surface area contributed by atoms with Crippen molar-refractivity contribution >= 4 is 46.6 Å². The highest BCUT2D eigenvalue weighted by atomic mass is 16.5. The van der Waals surface area contributed by atoms with Crippen LogP contribution < -0.4 is 11.5 Å². The first-order valence-electron chi connectivity index (χ1n) is 15.8. The average Bonchev–Trinajstić information content (AvgIpc) is 3.86. The molecule has 0 aliphatic heterocycles. The lowest BCUT2D eigenvalue weighted by Crippen LogP contribution is -2.11. The van der Waals surface area contributed by atoms with Gasteiger partial charge in [-0.25, -0.2) is 23.9 Å². The first kappa shape index (κ1) is 35.0. The van der Waals surface area contributed by atoms with Crippen LogP contribution in [0.2, 0.25) is 0 Å². The van der Waals surface area contributed by atoms with Gasteiger partial charge in [-0.1, -0.05) is 26.7 Å². The average molecular weight is 687 g/mol. The molecule has 0 amide bonds. The summed E-state index contributed by atoms with van der Waals surface area (Å²) >= 11 is 0. The number of nitrogen functional groups attached to an aromatic ring is 2. The minimum Gasteiger partial charge on any atom is -0.465 e. The van der Waals surface area contributed by atoms with Crippen molar-refractivity contribution in [2.24, 2.45) is 34.6 Å². The zero-order valence-electron chi connectivity index (χ0n) is 28.6. The minimum absolute atomic E-state index is 0.126. The molecule has 0 aromatic carbocycles. The molecule has 0 spiro atoms. The fraction of sp³-hybridized carbons (Fsp3) is 0.400. The maximum Gasteiger partial charge on any atom is 0.343 e. The first-order valence-corrected chi connectivity index (χ1v) is 15.8. The zero-order valence-corrected chi connectivity index (χ0v) is 28.6. The van der Waals surface area contributed by atoms with Crippen LogP contribution in [-0.2, 0) is 36.4 Å². The van der Waals surface area contributed by atoms with Crippen molar-refractivity contribution in [1.29, 1.82) is 0 Å². The number of ether oxygens (including phenoxy) is 2. The van der Waals surface area contributed by atoms with Crippen LogP contribution in [0.3, 0.4) is 0 Å². The quantitative estimate of drug-likeness (QED) is 0.120. The maximum absolute atomic E-state index is 12.2. The van der Waals surface area contributed by atoms with Gasteiger partial charge in [0.05, 0.1) is 38.0 Å². The summed E-state index contributed by atoms with van der Waals surface area (Å²) in [6.07, 6.45) is 8.76. The van der Waals surface area contributed by atoms with Gasteiger partial charge in [0.25, 0.3) is 5.95 Å². The molecule has 0 saturated carbocycles. The van der Waals surface area contributed by atoms with E-state index in [2.05, 4.69) is 59.6 Å². The van der Waals surface area contributed by atoms with Crippen molar-refractivity contribution in [3.63, 3.8) is 0 Å². The SMILES string of the molecule is CCCCc1nn(-c2ccnc(-n3nc(CCCC)c(/N=N/c4c(C(=O)OC)cnn4C)c3N)n2)c(N)c1/N=N/c1c(C(=O)OC)cnn1C. The number of rotatable bonds is 14. The van der Waals surface area contributed by atoms with Crippen molar-refractivity contribution in [3.8, 4) is 11.8 Å². The predicted octanol–water partition coefficient (Wildman–Crippen LogP) is 4.57. The number of aromatic nitrogens is 10. The summed E-state index contributed by atoms with van der Waals surface area (Å²) in [4.78, 5) is 33.6. The highest BCUT2D eigenvalue weighted by molar-refractivity contribution is 5.94.